The molecule has 11 nitrogen and oxygen atoms in total. The molecule has 2 aliphatic heterocycles. The largest absolute Gasteiger partial charge is 0.444 e. The summed E-state index contributed by atoms with van der Waals surface area (Å²) in [6, 6.07) is 10.9. The Morgan fingerprint density at radius 3 is 2.67 bits per heavy atom. The molecule has 208 valence electrons. The highest BCUT2D eigenvalue weighted by atomic mass is 16.6. The Morgan fingerprint density at radius 2 is 1.95 bits per heavy atom. The summed E-state index contributed by atoms with van der Waals surface area (Å²) >= 11 is 0. The van der Waals surface area contributed by atoms with Gasteiger partial charge in [0.05, 0.1) is 24.9 Å². The third kappa shape index (κ3) is 7.34. The number of hydrogen-bond donors (Lipinski definition) is 1. The number of aryl methyl sites for hydroxylation is 1. The second kappa shape index (κ2) is 12.3. The van der Waals surface area contributed by atoms with Gasteiger partial charge in [-0.3, -0.25) is 9.59 Å². The van der Waals surface area contributed by atoms with E-state index in [-0.39, 0.29) is 24.4 Å². The fourth-order valence-corrected chi connectivity index (χ4v) is 5.15. The molecular weight excluding hydrogens is 498 g/mol. The summed E-state index contributed by atoms with van der Waals surface area (Å²) in [5.74, 6) is -0.253. The SMILES string of the molecule is CC(C)(C)OC(=O)NCc1cn([C@H]2C[C@@H](C(=O)N3CCC[C@H]3C#N)N(C(=O)CCCc3ccccc3)C2)nn1. The molecule has 3 amide bonds. The molecule has 0 radical (unpaired) electrons. The highest BCUT2D eigenvalue weighted by Crippen LogP contribution is 2.31. The van der Waals surface area contributed by atoms with Crippen molar-refractivity contribution in [1.29, 1.82) is 5.26 Å². The second-order valence-corrected chi connectivity index (χ2v) is 11.2. The first-order valence-corrected chi connectivity index (χ1v) is 13.6. The van der Waals surface area contributed by atoms with Crippen molar-refractivity contribution in [3.05, 3.63) is 47.8 Å². The number of benzene rings is 1. The van der Waals surface area contributed by atoms with Crippen LogP contribution in [0.3, 0.4) is 0 Å². The molecule has 2 saturated heterocycles. The predicted molar refractivity (Wildman–Crippen MR) is 142 cm³/mol. The average molecular weight is 536 g/mol. The zero-order valence-corrected chi connectivity index (χ0v) is 22.9. The molecule has 1 aromatic carbocycles. The first kappa shape index (κ1) is 28.1. The maximum atomic E-state index is 13.6. The van der Waals surface area contributed by atoms with Gasteiger partial charge in [-0.05, 0) is 52.0 Å². The van der Waals surface area contributed by atoms with E-state index in [1.807, 2.05) is 30.3 Å². The number of likely N-dealkylation sites (tertiary alicyclic amines) is 2. The van der Waals surface area contributed by atoms with Gasteiger partial charge in [-0.1, -0.05) is 35.5 Å². The number of nitriles is 1. The van der Waals surface area contributed by atoms with E-state index in [4.69, 9.17) is 4.74 Å². The first-order chi connectivity index (χ1) is 18.6. The number of aromatic nitrogens is 3. The lowest BCUT2D eigenvalue weighted by Gasteiger charge is -2.29. The number of nitrogens with zero attached hydrogens (tertiary/aromatic N) is 6. The van der Waals surface area contributed by atoms with Crippen LogP contribution in [0.1, 0.15) is 70.2 Å². The van der Waals surface area contributed by atoms with E-state index in [0.29, 0.717) is 44.5 Å². The number of ether oxygens (including phenoxy) is 1. The Kier molecular flexibility index (Phi) is 8.84. The molecule has 0 spiro atoms. The summed E-state index contributed by atoms with van der Waals surface area (Å²) in [4.78, 5) is 42.2. The summed E-state index contributed by atoms with van der Waals surface area (Å²) in [5.41, 5.74) is 1.10. The fraction of sp³-hybridized carbons (Fsp3) is 0.571. The van der Waals surface area contributed by atoms with Crippen LogP contribution in [0.15, 0.2) is 36.5 Å². The quantitative estimate of drug-likeness (QED) is 0.549. The van der Waals surface area contributed by atoms with Crippen molar-refractivity contribution in [2.24, 2.45) is 0 Å². The third-order valence-corrected chi connectivity index (χ3v) is 7.01. The molecule has 39 heavy (non-hydrogen) atoms. The molecule has 3 atom stereocenters. The molecule has 0 unspecified atom stereocenters. The Labute approximate surface area is 229 Å². The minimum Gasteiger partial charge on any atom is -0.444 e. The van der Waals surface area contributed by atoms with Gasteiger partial charge in [-0.15, -0.1) is 5.10 Å². The van der Waals surface area contributed by atoms with Gasteiger partial charge in [-0.25, -0.2) is 9.48 Å². The molecular formula is C28H37N7O4. The van der Waals surface area contributed by atoms with Gasteiger partial charge in [0.2, 0.25) is 11.8 Å². The van der Waals surface area contributed by atoms with Crippen LogP contribution < -0.4 is 5.32 Å². The summed E-state index contributed by atoms with van der Waals surface area (Å²) in [7, 11) is 0. The van der Waals surface area contributed by atoms with Gasteiger partial charge in [0, 0.05) is 25.9 Å². The number of hydrogen-bond acceptors (Lipinski definition) is 7. The van der Waals surface area contributed by atoms with Crippen LogP contribution in [0.4, 0.5) is 4.79 Å². The average Bonchev–Trinajstić information content (AvgIpc) is 3.66. The molecule has 1 N–H and O–H groups in total. The molecule has 0 aliphatic carbocycles. The highest BCUT2D eigenvalue weighted by Gasteiger charge is 2.44. The number of carbonyl (C=O) groups excluding carboxylic acids is 3. The molecule has 0 bridgehead atoms. The van der Waals surface area contributed by atoms with E-state index in [1.165, 1.54) is 5.56 Å². The van der Waals surface area contributed by atoms with Crippen LogP contribution in [0.2, 0.25) is 0 Å². The summed E-state index contributed by atoms with van der Waals surface area (Å²) in [6.07, 6.45) is 4.79. The molecule has 2 aromatic rings. The van der Waals surface area contributed by atoms with Gasteiger partial charge in [-0.2, -0.15) is 5.26 Å². The summed E-state index contributed by atoms with van der Waals surface area (Å²) in [5, 5.41) is 20.6. The lowest BCUT2D eigenvalue weighted by atomic mass is 10.1. The van der Waals surface area contributed by atoms with Crippen molar-refractivity contribution < 1.29 is 19.1 Å². The zero-order chi connectivity index (χ0) is 28.0. The Hall–Kier alpha value is -3.94. The minimum absolute atomic E-state index is 0.0774. The number of alkyl carbamates (subject to hydrolysis) is 1. The van der Waals surface area contributed by atoms with Gasteiger partial charge < -0.3 is 19.9 Å². The number of rotatable bonds is 8. The number of carbonyl (C=O) groups is 3. The van der Waals surface area contributed by atoms with E-state index in [0.717, 1.165) is 12.8 Å². The Balaban J connectivity index is 1.43. The summed E-state index contributed by atoms with van der Waals surface area (Å²) in [6.45, 7) is 6.36. The third-order valence-electron chi connectivity index (χ3n) is 7.01. The van der Waals surface area contributed by atoms with Crippen molar-refractivity contribution >= 4 is 17.9 Å². The first-order valence-electron chi connectivity index (χ1n) is 13.6. The molecule has 3 heterocycles. The molecule has 4 rings (SSSR count). The molecule has 1 aromatic heterocycles. The van der Waals surface area contributed by atoms with Crippen LogP contribution in [0.25, 0.3) is 0 Å². The van der Waals surface area contributed by atoms with Crippen LogP contribution in [-0.2, 0) is 27.3 Å². The normalized spacial score (nSPS) is 21.0. The highest BCUT2D eigenvalue weighted by molar-refractivity contribution is 5.89. The van der Waals surface area contributed by atoms with Crippen molar-refractivity contribution in [3.63, 3.8) is 0 Å². The van der Waals surface area contributed by atoms with Crippen LogP contribution in [0, 0.1) is 11.3 Å². The minimum atomic E-state index is -0.652. The second-order valence-electron chi connectivity index (χ2n) is 11.2. The maximum absolute atomic E-state index is 13.6. The number of nitrogens with one attached hydrogen (secondary N) is 1. The smallest absolute Gasteiger partial charge is 0.407 e. The van der Waals surface area contributed by atoms with E-state index < -0.39 is 23.8 Å². The topological polar surface area (TPSA) is 133 Å². The maximum Gasteiger partial charge on any atom is 0.407 e. The van der Waals surface area contributed by atoms with Crippen molar-refractivity contribution in [2.75, 3.05) is 13.1 Å². The standard InChI is InChI=1S/C28H37N7O4/c1-28(2,3)39-27(38)30-17-21-18-35(32-31-21)23-15-24(26(37)33-14-8-12-22(33)16-29)34(19-23)25(36)13-7-11-20-9-5-4-6-10-20/h4-6,9-10,18,22-24H,7-8,11-15,17,19H2,1-3H3,(H,30,38)/t22-,23-,24-/m0/s1. The van der Waals surface area contributed by atoms with Crippen LogP contribution >= 0.6 is 0 Å². The lowest BCUT2D eigenvalue weighted by molar-refractivity contribution is -0.143. The molecule has 2 fully saturated rings. The van der Waals surface area contributed by atoms with E-state index in [2.05, 4.69) is 21.7 Å². The van der Waals surface area contributed by atoms with Gasteiger partial charge in [0.15, 0.2) is 0 Å². The molecule has 2 aliphatic rings. The molecule has 0 saturated carbocycles. The van der Waals surface area contributed by atoms with Gasteiger partial charge in [0.25, 0.3) is 0 Å². The van der Waals surface area contributed by atoms with Crippen LogP contribution in [-0.4, -0.2) is 73.5 Å². The Bertz CT molecular complexity index is 1200. The predicted octanol–water partition coefficient (Wildman–Crippen LogP) is 2.98. The van der Waals surface area contributed by atoms with Gasteiger partial charge in [0.1, 0.15) is 23.4 Å². The summed E-state index contributed by atoms with van der Waals surface area (Å²) < 4.78 is 6.92. The van der Waals surface area contributed by atoms with E-state index >= 15 is 0 Å². The fourth-order valence-electron chi connectivity index (χ4n) is 5.15. The number of amides is 3. The zero-order valence-electron chi connectivity index (χ0n) is 22.9. The van der Waals surface area contributed by atoms with Gasteiger partial charge >= 0.3 is 6.09 Å². The van der Waals surface area contributed by atoms with Crippen molar-refractivity contribution in [1.82, 2.24) is 30.1 Å². The van der Waals surface area contributed by atoms with Crippen LogP contribution in [0.5, 0.6) is 0 Å². The molecule has 11 heteroatoms. The lowest BCUT2D eigenvalue weighted by Crippen LogP contribution is -2.49. The van der Waals surface area contributed by atoms with Crippen molar-refractivity contribution in [3.8, 4) is 6.07 Å². The van der Waals surface area contributed by atoms with E-state index in [9.17, 15) is 19.6 Å². The van der Waals surface area contributed by atoms with E-state index in [1.54, 1.807) is 41.4 Å². The monoisotopic (exact) mass is 535 g/mol. The van der Waals surface area contributed by atoms with Crippen molar-refractivity contribution in [2.45, 2.75) is 89.6 Å². The Morgan fingerprint density at radius 1 is 1.18 bits per heavy atom.